The van der Waals surface area contributed by atoms with Crippen molar-refractivity contribution in [3.8, 4) is 0 Å². The SMILES string of the molecule is CCC(CN)C(O)c1ccccc1. The van der Waals surface area contributed by atoms with E-state index >= 15 is 0 Å². The summed E-state index contributed by atoms with van der Waals surface area (Å²) in [6.45, 7) is 2.58. The monoisotopic (exact) mass is 179 g/mol. The third-order valence-corrected chi connectivity index (χ3v) is 2.41. The van der Waals surface area contributed by atoms with Crippen LogP contribution in [0.25, 0.3) is 0 Å². The van der Waals surface area contributed by atoms with Crippen LogP contribution in [0.1, 0.15) is 25.0 Å². The van der Waals surface area contributed by atoms with Crippen molar-refractivity contribution in [1.82, 2.24) is 0 Å². The molecule has 2 unspecified atom stereocenters. The van der Waals surface area contributed by atoms with E-state index in [1.807, 2.05) is 37.3 Å². The van der Waals surface area contributed by atoms with Crippen molar-refractivity contribution in [2.24, 2.45) is 11.7 Å². The highest BCUT2D eigenvalue weighted by Gasteiger charge is 2.16. The first-order valence-electron chi connectivity index (χ1n) is 4.72. The predicted octanol–water partition coefficient (Wildman–Crippen LogP) is 1.70. The smallest absolute Gasteiger partial charge is 0.0830 e. The van der Waals surface area contributed by atoms with Gasteiger partial charge in [-0.2, -0.15) is 0 Å². The summed E-state index contributed by atoms with van der Waals surface area (Å²) in [6, 6.07) is 9.68. The fourth-order valence-electron chi connectivity index (χ4n) is 1.44. The Morgan fingerprint density at radius 3 is 2.38 bits per heavy atom. The summed E-state index contributed by atoms with van der Waals surface area (Å²) in [6.07, 6.45) is 0.489. The number of nitrogens with two attached hydrogens (primary N) is 1. The molecule has 2 atom stereocenters. The summed E-state index contributed by atoms with van der Waals surface area (Å²) in [5.41, 5.74) is 6.52. The first kappa shape index (κ1) is 10.2. The number of hydrogen-bond acceptors (Lipinski definition) is 2. The molecule has 1 aromatic carbocycles. The van der Waals surface area contributed by atoms with Crippen molar-refractivity contribution < 1.29 is 5.11 Å². The van der Waals surface area contributed by atoms with Crippen molar-refractivity contribution in [2.45, 2.75) is 19.4 Å². The van der Waals surface area contributed by atoms with Crippen LogP contribution in [-0.2, 0) is 0 Å². The molecule has 0 fully saturated rings. The maximum absolute atomic E-state index is 9.90. The molecular formula is C11H17NO. The Morgan fingerprint density at radius 1 is 1.31 bits per heavy atom. The second kappa shape index (κ2) is 5.00. The standard InChI is InChI=1S/C11H17NO/c1-2-9(8-12)11(13)10-6-4-3-5-7-10/h3-7,9,11,13H,2,8,12H2,1H3. The number of rotatable bonds is 4. The molecule has 0 aliphatic heterocycles. The van der Waals surface area contributed by atoms with Gasteiger partial charge in [-0.15, -0.1) is 0 Å². The molecular weight excluding hydrogens is 162 g/mol. The average Bonchev–Trinajstić information content (AvgIpc) is 2.21. The highest BCUT2D eigenvalue weighted by Crippen LogP contribution is 2.22. The molecule has 0 aromatic heterocycles. The summed E-state index contributed by atoms with van der Waals surface area (Å²) < 4.78 is 0. The van der Waals surface area contributed by atoms with Gasteiger partial charge in [-0.1, -0.05) is 37.3 Å². The van der Waals surface area contributed by atoms with Gasteiger partial charge in [0.15, 0.2) is 0 Å². The van der Waals surface area contributed by atoms with Crippen molar-refractivity contribution in [3.05, 3.63) is 35.9 Å². The molecule has 2 heteroatoms. The van der Waals surface area contributed by atoms with Crippen LogP contribution in [0, 0.1) is 5.92 Å². The van der Waals surface area contributed by atoms with Gasteiger partial charge >= 0.3 is 0 Å². The van der Waals surface area contributed by atoms with E-state index in [1.165, 1.54) is 0 Å². The largest absolute Gasteiger partial charge is 0.388 e. The molecule has 0 spiro atoms. The normalized spacial score (nSPS) is 15.3. The molecule has 2 nitrogen and oxygen atoms in total. The molecule has 1 aromatic rings. The zero-order chi connectivity index (χ0) is 9.68. The molecule has 0 saturated heterocycles. The van der Waals surface area contributed by atoms with Crippen LogP contribution in [0.15, 0.2) is 30.3 Å². The second-order valence-electron chi connectivity index (χ2n) is 3.26. The Labute approximate surface area is 79.4 Å². The first-order chi connectivity index (χ1) is 6.29. The van der Waals surface area contributed by atoms with Crippen LogP contribution in [0.2, 0.25) is 0 Å². The number of aliphatic hydroxyl groups is 1. The Hall–Kier alpha value is -0.860. The van der Waals surface area contributed by atoms with E-state index in [0.717, 1.165) is 12.0 Å². The second-order valence-corrected chi connectivity index (χ2v) is 3.26. The molecule has 0 saturated carbocycles. The zero-order valence-corrected chi connectivity index (χ0v) is 7.98. The maximum Gasteiger partial charge on any atom is 0.0830 e. The molecule has 0 amide bonds. The van der Waals surface area contributed by atoms with E-state index < -0.39 is 6.10 Å². The lowest BCUT2D eigenvalue weighted by atomic mass is 9.94. The Bertz CT molecular complexity index is 231. The molecule has 0 heterocycles. The van der Waals surface area contributed by atoms with Crippen LogP contribution in [0.5, 0.6) is 0 Å². The van der Waals surface area contributed by atoms with Gasteiger partial charge in [-0.3, -0.25) is 0 Å². The fourth-order valence-corrected chi connectivity index (χ4v) is 1.44. The lowest BCUT2D eigenvalue weighted by Crippen LogP contribution is -2.21. The van der Waals surface area contributed by atoms with Crippen LogP contribution in [0.4, 0.5) is 0 Å². The molecule has 72 valence electrons. The van der Waals surface area contributed by atoms with E-state index in [-0.39, 0.29) is 5.92 Å². The van der Waals surface area contributed by atoms with E-state index in [2.05, 4.69) is 0 Å². The van der Waals surface area contributed by atoms with E-state index in [1.54, 1.807) is 0 Å². The number of benzene rings is 1. The molecule has 0 aliphatic rings. The third kappa shape index (κ3) is 2.54. The van der Waals surface area contributed by atoms with E-state index in [0.29, 0.717) is 6.54 Å². The first-order valence-corrected chi connectivity index (χ1v) is 4.72. The van der Waals surface area contributed by atoms with Crippen LogP contribution in [-0.4, -0.2) is 11.7 Å². The van der Waals surface area contributed by atoms with Crippen molar-refractivity contribution >= 4 is 0 Å². The summed E-state index contributed by atoms with van der Waals surface area (Å²) >= 11 is 0. The van der Waals surface area contributed by atoms with Crippen LogP contribution >= 0.6 is 0 Å². The molecule has 1 rings (SSSR count). The fraction of sp³-hybridized carbons (Fsp3) is 0.455. The lowest BCUT2D eigenvalue weighted by molar-refractivity contribution is 0.110. The lowest BCUT2D eigenvalue weighted by Gasteiger charge is -2.19. The van der Waals surface area contributed by atoms with E-state index in [9.17, 15) is 5.11 Å². The minimum atomic E-state index is -0.420. The Kier molecular flexibility index (Phi) is 3.93. The van der Waals surface area contributed by atoms with Gasteiger partial charge < -0.3 is 10.8 Å². The quantitative estimate of drug-likeness (QED) is 0.739. The molecule has 0 radical (unpaired) electrons. The molecule has 13 heavy (non-hydrogen) atoms. The average molecular weight is 179 g/mol. The molecule has 0 aliphatic carbocycles. The van der Waals surface area contributed by atoms with Gasteiger partial charge in [0.1, 0.15) is 0 Å². The van der Waals surface area contributed by atoms with Crippen molar-refractivity contribution in [2.75, 3.05) is 6.54 Å². The van der Waals surface area contributed by atoms with Crippen LogP contribution < -0.4 is 5.73 Å². The van der Waals surface area contributed by atoms with Gasteiger partial charge in [0.05, 0.1) is 6.10 Å². The predicted molar refractivity (Wildman–Crippen MR) is 54.2 cm³/mol. The molecule has 0 bridgehead atoms. The van der Waals surface area contributed by atoms with Gasteiger partial charge in [0.25, 0.3) is 0 Å². The molecule has 3 N–H and O–H groups in total. The van der Waals surface area contributed by atoms with Gasteiger partial charge in [-0.05, 0) is 18.5 Å². The van der Waals surface area contributed by atoms with Crippen molar-refractivity contribution in [3.63, 3.8) is 0 Å². The highest BCUT2D eigenvalue weighted by atomic mass is 16.3. The number of hydrogen-bond donors (Lipinski definition) is 2. The summed E-state index contributed by atoms with van der Waals surface area (Å²) in [4.78, 5) is 0. The summed E-state index contributed by atoms with van der Waals surface area (Å²) in [7, 11) is 0. The van der Waals surface area contributed by atoms with Gasteiger partial charge in [0, 0.05) is 5.92 Å². The summed E-state index contributed by atoms with van der Waals surface area (Å²) in [5, 5.41) is 9.90. The van der Waals surface area contributed by atoms with E-state index in [4.69, 9.17) is 5.73 Å². The minimum absolute atomic E-state index is 0.169. The maximum atomic E-state index is 9.90. The minimum Gasteiger partial charge on any atom is -0.388 e. The Morgan fingerprint density at radius 2 is 1.92 bits per heavy atom. The number of aliphatic hydroxyl groups excluding tert-OH is 1. The Balaban J connectivity index is 2.72. The summed E-state index contributed by atoms with van der Waals surface area (Å²) in [5.74, 6) is 0.169. The van der Waals surface area contributed by atoms with Gasteiger partial charge in [0.2, 0.25) is 0 Å². The van der Waals surface area contributed by atoms with Gasteiger partial charge in [-0.25, -0.2) is 0 Å². The topological polar surface area (TPSA) is 46.2 Å². The van der Waals surface area contributed by atoms with Crippen molar-refractivity contribution in [1.29, 1.82) is 0 Å². The highest BCUT2D eigenvalue weighted by molar-refractivity contribution is 5.17. The zero-order valence-electron chi connectivity index (χ0n) is 7.98. The third-order valence-electron chi connectivity index (χ3n) is 2.41. The van der Waals surface area contributed by atoms with Crippen LogP contribution in [0.3, 0.4) is 0 Å².